The van der Waals surface area contributed by atoms with Crippen LogP contribution in [0.5, 0.6) is 0 Å². The Morgan fingerprint density at radius 3 is 2.66 bits per heavy atom. The highest BCUT2D eigenvalue weighted by Crippen LogP contribution is 2.21. The molecule has 0 unspecified atom stereocenters. The van der Waals surface area contributed by atoms with Crippen LogP contribution in [0.3, 0.4) is 0 Å². The lowest BCUT2D eigenvalue weighted by atomic mass is 10.1. The van der Waals surface area contributed by atoms with Crippen molar-refractivity contribution >= 4 is 27.5 Å². The summed E-state index contributed by atoms with van der Waals surface area (Å²) in [6.45, 7) is 2.85. The number of rotatable bonds is 8. The first-order valence-corrected chi connectivity index (χ1v) is 11.4. The summed E-state index contributed by atoms with van der Waals surface area (Å²) in [5.41, 5.74) is 1.84. The fourth-order valence-corrected chi connectivity index (χ4v) is 4.76. The van der Waals surface area contributed by atoms with Crippen molar-refractivity contribution in [1.29, 1.82) is 0 Å². The van der Waals surface area contributed by atoms with E-state index in [2.05, 4.69) is 5.32 Å². The molecular weight excluding hydrogens is 412 g/mol. The highest BCUT2D eigenvalue weighted by atomic mass is 35.5. The average molecular weight is 437 g/mol. The van der Waals surface area contributed by atoms with Gasteiger partial charge < -0.3 is 10.1 Å². The number of nitrogens with one attached hydrogen (secondary N) is 1. The first kappa shape index (κ1) is 21.8. The quantitative estimate of drug-likeness (QED) is 0.689. The number of benzene rings is 2. The third-order valence-electron chi connectivity index (χ3n) is 4.76. The fourth-order valence-electron chi connectivity index (χ4n) is 3.24. The number of nitrogens with zero attached hydrogens (tertiary/aromatic N) is 1. The van der Waals surface area contributed by atoms with E-state index >= 15 is 0 Å². The number of halogens is 1. The Kier molecular flexibility index (Phi) is 7.29. The van der Waals surface area contributed by atoms with Crippen LogP contribution in [0.25, 0.3) is 0 Å². The minimum Gasteiger partial charge on any atom is -0.376 e. The van der Waals surface area contributed by atoms with Crippen molar-refractivity contribution in [1.82, 2.24) is 9.62 Å². The first-order valence-electron chi connectivity index (χ1n) is 9.54. The van der Waals surface area contributed by atoms with Gasteiger partial charge in [-0.05, 0) is 49.6 Å². The van der Waals surface area contributed by atoms with Gasteiger partial charge in [-0.1, -0.05) is 41.4 Å². The molecule has 156 valence electrons. The van der Waals surface area contributed by atoms with Crippen LogP contribution in [0.4, 0.5) is 0 Å². The maximum atomic E-state index is 13.2. The number of hydrogen-bond acceptors (Lipinski definition) is 4. The Morgan fingerprint density at radius 1 is 1.24 bits per heavy atom. The van der Waals surface area contributed by atoms with Gasteiger partial charge in [0.1, 0.15) is 0 Å². The number of sulfonamides is 1. The SMILES string of the molecule is Cc1cccc(CN(CC(=O)NC[C@H]2CCCO2)S(=O)(=O)c2ccc(Cl)cc2)c1. The molecule has 1 fully saturated rings. The molecule has 3 rings (SSSR count). The predicted octanol–water partition coefficient (Wildman–Crippen LogP) is 3.13. The molecule has 0 radical (unpaired) electrons. The van der Waals surface area contributed by atoms with Crippen molar-refractivity contribution < 1.29 is 17.9 Å². The van der Waals surface area contributed by atoms with Crippen molar-refractivity contribution in [2.45, 2.75) is 37.3 Å². The molecule has 2 aromatic rings. The molecule has 1 heterocycles. The molecule has 1 saturated heterocycles. The molecular formula is C21H25ClN2O4S. The smallest absolute Gasteiger partial charge is 0.243 e. The molecule has 0 aliphatic carbocycles. The number of aryl methyl sites for hydroxylation is 1. The third kappa shape index (κ3) is 6.02. The van der Waals surface area contributed by atoms with Crippen molar-refractivity contribution in [2.75, 3.05) is 19.7 Å². The Bertz CT molecular complexity index is 941. The number of amides is 1. The zero-order chi connectivity index (χ0) is 20.9. The van der Waals surface area contributed by atoms with E-state index in [1.54, 1.807) is 0 Å². The van der Waals surface area contributed by atoms with Crippen LogP contribution >= 0.6 is 11.6 Å². The van der Waals surface area contributed by atoms with E-state index in [4.69, 9.17) is 16.3 Å². The molecule has 0 bridgehead atoms. The van der Waals surface area contributed by atoms with Crippen LogP contribution in [0.2, 0.25) is 5.02 Å². The zero-order valence-corrected chi connectivity index (χ0v) is 17.9. The normalized spacial score (nSPS) is 16.9. The van der Waals surface area contributed by atoms with Gasteiger partial charge >= 0.3 is 0 Å². The summed E-state index contributed by atoms with van der Waals surface area (Å²) >= 11 is 5.89. The van der Waals surface area contributed by atoms with E-state index < -0.39 is 10.0 Å². The lowest BCUT2D eigenvalue weighted by Crippen LogP contribution is -2.42. The van der Waals surface area contributed by atoms with Gasteiger partial charge in [0.25, 0.3) is 0 Å². The van der Waals surface area contributed by atoms with Crippen molar-refractivity contribution in [2.24, 2.45) is 0 Å². The van der Waals surface area contributed by atoms with Crippen molar-refractivity contribution in [3.05, 3.63) is 64.7 Å². The van der Waals surface area contributed by atoms with E-state index in [0.717, 1.165) is 24.0 Å². The van der Waals surface area contributed by atoms with Gasteiger partial charge in [-0.3, -0.25) is 4.79 Å². The molecule has 0 spiro atoms. The minimum absolute atomic E-state index is 0.00274. The van der Waals surface area contributed by atoms with Gasteiger partial charge in [0.05, 0.1) is 17.5 Å². The van der Waals surface area contributed by atoms with Crippen LogP contribution in [0, 0.1) is 6.92 Å². The van der Waals surface area contributed by atoms with E-state index in [-0.39, 0.29) is 30.0 Å². The molecule has 0 saturated carbocycles. The largest absolute Gasteiger partial charge is 0.376 e. The highest BCUT2D eigenvalue weighted by Gasteiger charge is 2.27. The second kappa shape index (κ2) is 9.71. The predicted molar refractivity (Wildman–Crippen MR) is 112 cm³/mol. The summed E-state index contributed by atoms with van der Waals surface area (Å²) in [5, 5.41) is 3.24. The zero-order valence-electron chi connectivity index (χ0n) is 16.3. The van der Waals surface area contributed by atoms with Crippen LogP contribution in [-0.4, -0.2) is 44.4 Å². The lowest BCUT2D eigenvalue weighted by Gasteiger charge is -2.22. The van der Waals surface area contributed by atoms with E-state index in [1.807, 2.05) is 31.2 Å². The Balaban J connectivity index is 1.78. The maximum absolute atomic E-state index is 13.2. The first-order chi connectivity index (χ1) is 13.8. The third-order valence-corrected chi connectivity index (χ3v) is 6.82. The molecule has 0 aromatic heterocycles. The molecule has 1 aliphatic heterocycles. The summed E-state index contributed by atoms with van der Waals surface area (Å²) < 4.78 is 33.1. The van der Waals surface area contributed by atoms with Crippen molar-refractivity contribution in [3.63, 3.8) is 0 Å². The van der Waals surface area contributed by atoms with E-state index in [9.17, 15) is 13.2 Å². The molecule has 1 N–H and O–H groups in total. The van der Waals surface area contributed by atoms with E-state index in [1.165, 1.54) is 28.6 Å². The van der Waals surface area contributed by atoms with Crippen LogP contribution in [0.15, 0.2) is 53.4 Å². The second-order valence-electron chi connectivity index (χ2n) is 7.16. The summed E-state index contributed by atoms with van der Waals surface area (Å²) in [6, 6.07) is 13.5. The minimum atomic E-state index is -3.88. The topological polar surface area (TPSA) is 75.7 Å². The summed E-state index contributed by atoms with van der Waals surface area (Å²) in [4.78, 5) is 12.6. The standard InChI is InChI=1S/C21H25ClN2O4S/c1-16-4-2-5-17(12-16)14-24(15-21(25)23-13-19-6-3-11-28-19)29(26,27)20-9-7-18(22)8-10-20/h2,4-5,7-10,12,19H,3,6,11,13-15H2,1H3,(H,23,25)/t19-/m1/s1. The number of hydrogen-bond donors (Lipinski definition) is 1. The number of carbonyl (C=O) groups is 1. The van der Waals surface area contributed by atoms with Crippen LogP contribution in [0.1, 0.15) is 24.0 Å². The van der Waals surface area contributed by atoms with Crippen LogP contribution < -0.4 is 5.32 Å². The molecule has 1 aliphatic rings. The summed E-state index contributed by atoms with van der Waals surface area (Å²) in [6.07, 6.45) is 1.87. The monoisotopic (exact) mass is 436 g/mol. The Labute approximate surface area is 176 Å². The number of ether oxygens (including phenoxy) is 1. The molecule has 29 heavy (non-hydrogen) atoms. The van der Waals surface area contributed by atoms with E-state index in [0.29, 0.717) is 18.2 Å². The van der Waals surface area contributed by atoms with Gasteiger partial charge in [0.2, 0.25) is 15.9 Å². The molecule has 2 aromatic carbocycles. The molecule has 6 nitrogen and oxygen atoms in total. The van der Waals surface area contributed by atoms with Gasteiger partial charge in [0.15, 0.2) is 0 Å². The lowest BCUT2D eigenvalue weighted by molar-refractivity contribution is -0.121. The average Bonchev–Trinajstić information content (AvgIpc) is 3.20. The maximum Gasteiger partial charge on any atom is 0.243 e. The fraction of sp³-hybridized carbons (Fsp3) is 0.381. The van der Waals surface area contributed by atoms with Crippen molar-refractivity contribution in [3.8, 4) is 0 Å². The summed E-state index contributed by atoms with van der Waals surface area (Å²) in [7, 11) is -3.88. The second-order valence-corrected chi connectivity index (χ2v) is 9.53. The Hall–Kier alpha value is -1.93. The Morgan fingerprint density at radius 2 is 2.00 bits per heavy atom. The van der Waals surface area contributed by atoms with Gasteiger partial charge in [0, 0.05) is 24.7 Å². The molecule has 1 amide bonds. The molecule has 1 atom stereocenters. The van der Waals surface area contributed by atoms with Crippen LogP contribution in [-0.2, 0) is 26.1 Å². The van der Waals surface area contributed by atoms with Gasteiger partial charge in [-0.25, -0.2) is 8.42 Å². The summed E-state index contributed by atoms with van der Waals surface area (Å²) in [5.74, 6) is -0.356. The highest BCUT2D eigenvalue weighted by molar-refractivity contribution is 7.89. The van der Waals surface area contributed by atoms with Gasteiger partial charge in [-0.15, -0.1) is 0 Å². The molecule has 8 heteroatoms. The van der Waals surface area contributed by atoms with Gasteiger partial charge in [-0.2, -0.15) is 4.31 Å². The number of carbonyl (C=O) groups excluding carboxylic acids is 1.